The molecule has 1 amide bonds. The van der Waals surface area contributed by atoms with Crippen molar-refractivity contribution in [1.29, 1.82) is 0 Å². The third-order valence-corrected chi connectivity index (χ3v) is 1.65. The molecule has 0 radical (unpaired) electrons. The van der Waals surface area contributed by atoms with Crippen LogP contribution in [0.25, 0.3) is 0 Å². The van der Waals surface area contributed by atoms with Crippen molar-refractivity contribution < 1.29 is 14.6 Å². The molecule has 4 heteroatoms. The first-order valence-electron chi connectivity index (χ1n) is 3.77. The predicted molar refractivity (Wildman–Crippen MR) is 47.6 cm³/mol. The number of methoxy groups -OCH3 is 1. The second-order valence-corrected chi connectivity index (χ2v) is 2.64. The Kier molecular flexibility index (Phi) is 2.74. The second-order valence-electron chi connectivity index (χ2n) is 2.64. The highest BCUT2D eigenvalue weighted by atomic mass is 16.5. The first kappa shape index (κ1) is 9.38. The minimum absolute atomic E-state index is 0.0169. The number of rotatable bonds is 3. The average Bonchev–Trinajstić information content (AvgIpc) is 2.08. The highest BCUT2D eigenvalue weighted by Crippen LogP contribution is 2.22. The molecule has 4 nitrogen and oxygen atoms in total. The number of ether oxygens (including phenoxy) is 1. The molecule has 0 aliphatic heterocycles. The molecule has 0 bridgehead atoms. The van der Waals surface area contributed by atoms with E-state index in [1.54, 1.807) is 12.1 Å². The molecule has 0 atom stereocenters. The van der Waals surface area contributed by atoms with Gasteiger partial charge in [-0.05, 0) is 18.2 Å². The van der Waals surface area contributed by atoms with Crippen LogP contribution in [0.3, 0.4) is 0 Å². The summed E-state index contributed by atoms with van der Waals surface area (Å²) in [6, 6.07) is 4.66. The van der Waals surface area contributed by atoms with Crippen LogP contribution in [0.4, 0.5) is 0 Å². The molecule has 0 saturated heterocycles. The van der Waals surface area contributed by atoms with Crippen molar-refractivity contribution in [3.63, 3.8) is 0 Å². The molecule has 1 rings (SSSR count). The molecule has 0 aliphatic rings. The summed E-state index contributed by atoms with van der Waals surface area (Å²) in [5.74, 6) is 0.164. The van der Waals surface area contributed by atoms with Crippen LogP contribution in [0.15, 0.2) is 18.2 Å². The molecule has 3 N–H and O–H groups in total. The number of carbonyl (C=O) groups excluding carboxylic acids is 1. The number of carbonyl (C=O) groups is 1. The molecule has 0 aliphatic carbocycles. The molecule has 0 fully saturated rings. The monoisotopic (exact) mass is 181 g/mol. The summed E-state index contributed by atoms with van der Waals surface area (Å²) in [6.45, 7) is 0. The topological polar surface area (TPSA) is 72.6 Å². The fraction of sp³-hybridized carbons (Fsp3) is 0.222. The molecule has 0 aromatic heterocycles. The SMILES string of the molecule is COc1ccc(O)c(CC(N)=O)c1. The lowest BCUT2D eigenvalue weighted by molar-refractivity contribution is -0.117. The summed E-state index contributed by atoms with van der Waals surface area (Å²) in [5, 5.41) is 9.32. The van der Waals surface area contributed by atoms with Crippen LogP contribution in [0.5, 0.6) is 11.5 Å². The molecule has 0 spiro atoms. The summed E-state index contributed by atoms with van der Waals surface area (Å²) in [4.78, 5) is 10.6. The lowest BCUT2D eigenvalue weighted by Crippen LogP contribution is -2.13. The highest BCUT2D eigenvalue weighted by molar-refractivity contribution is 5.77. The first-order chi connectivity index (χ1) is 6.13. The van der Waals surface area contributed by atoms with Crippen molar-refractivity contribution in [3.05, 3.63) is 23.8 Å². The van der Waals surface area contributed by atoms with E-state index >= 15 is 0 Å². The quantitative estimate of drug-likeness (QED) is 0.710. The van der Waals surface area contributed by atoms with E-state index in [1.807, 2.05) is 0 Å². The molecule has 70 valence electrons. The second kappa shape index (κ2) is 3.80. The third-order valence-electron chi connectivity index (χ3n) is 1.65. The van der Waals surface area contributed by atoms with E-state index in [4.69, 9.17) is 10.5 Å². The zero-order valence-electron chi connectivity index (χ0n) is 7.28. The standard InChI is InChI=1S/C9H11NO3/c1-13-7-2-3-8(11)6(4-7)5-9(10)12/h2-4,11H,5H2,1H3,(H2,10,12). The molecule has 13 heavy (non-hydrogen) atoms. The van der Waals surface area contributed by atoms with E-state index < -0.39 is 5.91 Å². The summed E-state index contributed by atoms with van der Waals surface area (Å²) in [6.07, 6.45) is 0.0169. The van der Waals surface area contributed by atoms with Gasteiger partial charge >= 0.3 is 0 Å². The Labute approximate surface area is 75.9 Å². The van der Waals surface area contributed by atoms with Gasteiger partial charge in [0.25, 0.3) is 0 Å². The van der Waals surface area contributed by atoms with Crippen LogP contribution < -0.4 is 10.5 Å². The Bertz CT molecular complexity index is 323. The van der Waals surface area contributed by atoms with Crippen LogP contribution in [-0.4, -0.2) is 18.1 Å². The number of aromatic hydroxyl groups is 1. The van der Waals surface area contributed by atoms with Gasteiger partial charge in [-0.1, -0.05) is 0 Å². The maximum Gasteiger partial charge on any atom is 0.221 e. The minimum atomic E-state index is -0.483. The van der Waals surface area contributed by atoms with Crippen molar-refractivity contribution in [2.45, 2.75) is 6.42 Å². The van der Waals surface area contributed by atoms with Gasteiger partial charge in [0.2, 0.25) is 5.91 Å². The van der Waals surface area contributed by atoms with E-state index in [1.165, 1.54) is 13.2 Å². The lowest BCUT2D eigenvalue weighted by atomic mass is 10.1. The number of amides is 1. The predicted octanol–water partition coefficient (Wildman–Crippen LogP) is 0.429. The molecule has 0 unspecified atom stereocenters. The van der Waals surface area contributed by atoms with Crippen molar-refractivity contribution in [1.82, 2.24) is 0 Å². The van der Waals surface area contributed by atoms with Gasteiger partial charge in [-0.25, -0.2) is 0 Å². The summed E-state index contributed by atoms with van der Waals surface area (Å²) >= 11 is 0. The van der Waals surface area contributed by atoms with Crippen LogP contribution in [0, 0.1) is 0 Å². The number of benzene rings is 1. The molecular weight excluding hydrogens is 170 g/mol. The number of nitrogens with two attached hydrogens (primary N) is 1. The van der Waals surface area contributed by atoms with E-state index in [0.29, 0.717) is 11.3 Å². The molecule has 0 heterocycles. The Morgan fingerprint density at radius 2 is 2.31 bits per heavy atom. The molecule has 1 aromatic carbocycles. The molecule has 1 aromatic rings. The smallest absolute Gasteiger partial charge is 0.221 e. The summed E-state index contributed by atoms with van der Waals surface area (Å²) in [7, 11) is 1.51. The van der Waals surface area contributed by atoms with Crippen LogP contribution in [-0.2, 0) is 11.2 Å². The lowest BCUT2D eigenvalue weighted by Gasteiger charge is -2.04. The van der Waals surface area contributed by atoms with Gasteiger partial charge in [0.1, 0.15) is 11.5 Å². The summed E-state index contributed by atoms with van der Waals surface area (Å²) in [5.41, 5.74) is 5.47. The van der Waals surface area contributed by atoms with Crippen molar-refractivity contribution in [2.75, 3.05) is 7.11 Å². The Morgan fingerprint density at radius 3 is 2.85 bits per heavy atom. The highest BCUT2D eigenvalue weighted by Gasteiger charge is 2.05. The number of phenols is 1. The van der Waals surface area contributed by atoms with Crippen molar-refractivity contribution >= 4 is 5.91 Å². The maximum absolute atomic E-state index is 10.6. The Hall–Kier alpha value is -1.71. The normalized spacial score (nSPS) is 9.62. The largest absolute Gasteiger partial charge is 0.508 e. The van der Waals surface area contributed by atoms with Gasteiger partial charge in [0.05, 0.1) is 13.5 Å². The van der Waals surface area contributed by atoms with E-state index in [-0.39, 0.29) is 12.2 Å². The van der Waals surface area contributed by atoms with Crippen molar-refractivity contribution in [2.24, 2.45) is 5.73 Å². The van der Waals surface area contributed by atoms with Crippen LogP contribution in [0.1, 0.15) is 5.56 Å². The van der Waals surface area contributed by atoms with Gasteiger partial charge in [0, 0.05) is 5.56 Å². The van der Waals surface area contributed by atoms with Crippen LogP contribution >= 0.6 is 0 Å². The van der Waals surface area contributed by atoms with E-state index in [2.05, 4.69) is 0 Å². The number of primary amides is 1. The first-order valence-corrected chi connectivity index (χ1v) is 3.77. The van der Waals surface area contributed by atoms with E-state index in [9.17, 15) is 9.90 Å². The number of phenolic OH excluding ortho intramolecular Hbond substituents is 1. The Balaban J connectivity index is 2.96. The fourth-order valence-corrected chi connectivity index (χ4v) is 1.02. The average molecular weight is 181 g/mol. The molecule has 0 saturated carbocycles. The Morgan fingerprint density at radius 1 is 1.62 bits per heavy atom. The maximum atomic E-state index is 10.6. The van der Waals surface area contributed by atoms with Crippen LogP contribution in [0.2, 0.25) is 0 Å². The van der Waals surface area contributed by atoms with E-state index in [0.717, 1.165) is 0 Å². The molecular formula is C9H11NO3. The number of hydrogen-bond acceptors (Lipinski definition) is 3. The zero-order chi connectivity index (χ0) is 9.84. The van der Waals surface area contributed by atoms with Gasteiger partial charge in [-0.2, -0.15) is 0 Å². The van der Waals surface area contributed by atoms with Gasteiger partial charge in [-0.15, -0.1) is 0 Å². The number of hydrogen-bond donors (Lipinski definition) is 2. The fourth-order valence-electron chi connectivity index (χ4n) is 1.02. The van der Waals surface area contributed by atoms with Gasteiger partial charge in [0.15, 0.2) is 0 Å². The third kappa shape index (κ3) is 2.37. The van der Waals surface area contributed by atoms with Gasteiger partial charge < -0.3 is 15.6 Å². The van der Waals surface area contributed by atoms with Crippen molar-refractivity contribution in [3.8, 4) is 11.5 Å². The van der Waals surface area contributed by atoms with Gasteiger partial charge in [-0.3, -0.25) is 4.79 Å². The zero-order valence-corrected chi connectivity index (χ0v) is 7.28. The summed E-state index contributed by atoms with van der Waals surface area (Å²) < 4.78 is 4.93. The minimum Gasteiger partial charge on any atom is -0.508 e.